The van der Waals surface area contributed by atoms with Gasteiger partial charge in [-0.25, -0.2) is 0 Å². The Morgan fingerprint density at radius 1 is 0.955 bits per heavy atom. The number of benzene rings is 2. The topological polar surface area (TPSA) is 70.2 Å². The fourth-order valence-electron chi connectivity index (χ4n) is 2.45. The van der Waals surface area contributed by atoms with Gasteiger partial charge >= 0.3 is 0 Å². The van der Waals surface area contributed by atoms with E-state index in [0.29, 0.717) is 11.6 Å². The van der Waals surface area contributed by atoms with Crippen molar-refractivity contribution in [3.8, 4) is 11.3 Å². The Morgan fingerprint density at radius 3 is 2.59 bits per heavy atom. The molecule has 0 aliphatic carbocycles. The quantitative estimate of drug-likeness (QED) is 0.565. The third-order valence-electron chi connectivity index (χ3n) is 3.46. The van der Waals surface area contributed by atoms with Gasteiger partial charge in [-0.2, -0.15) is 5.21 Å². The van der Waals surface area contributed by atoms with Gasteiger partial charge in [-0.05, 0) is 11.6 Å². The standard InChI is InChI=1S/C16H13N5S/c1-2-6-11(7-3-1)15-16(22-10-14-18-20-21-19-14)12-8-4-5-9-13(12)17-15/h1-9,17H,10H2,(H,18,19,20,21). The molecule has 2 N–H and O–H groups in total. The smallest absolute Gasteiger partial charge is 0.184 e. The van der Waals surface area contributed by atoms with Crippen LogP contribution in [0, 0.1) is 0 Å². The van der Waals surface area contributed by atoms with Crippen LogP contribution in [0.2, 0.25) is 0 Å². The van der Waals surface area contributed by atoms with E-state index in [4.69, 9.17) is 0 Å². The zero-order valence-electron chi connectivity index (χ0n) is 11.7. The molecule has 4 rings (SSSR count). The van der Waals surface area contributed by atoms with E-state index in [-0.39, 0.29) is 0 Å². The van der Waals surface area contributed by atoms with Gasteiger partial charge in [-0.15, -0.1) is 22.0 Å². The number of nitrogens with zero attached hydrogens (tertiary/aromatic N) is 3. The van der Waals surface area contributed by atoms with Crippen LogP contribution in [0.5, 0.6) is 0 Å². The van der Waals surface area contributed by atoms with Crippen LogP contribution in [-0.4, -0.2) is 25.6 Å². The van der Waals surface area contributed by atoms with Crippen LogP contribution >= 0.6 is 11.8 Å². The SMILES string of the molecule is c1ccc(-c2[nH]c3ccccc3c2SCc2nn[nH]n2)cc1. The van der Waals surface area contributed by atoms with Crippen molar-refractivity contribution in [3.63, 3.8) is 0 Å². The molecule has 0 bridgehead atoms. The van der Waals surface area contributed by atoms with Crippen LogP contribution in [0.1, 0.15) is 5.82 Å². The Hall–Kier alpha value is -2.60. The highest BCUT2D eigenvalue weighted by Gasteiger charge is 2.14. The Bertz CT molecular complexity index is 883. The van der Waals surface area contributed by atoms with Gasteiger partial charge in [0.2, 0.25) is 0 Å². The normalized spacial score (nSPS) is 11.1. The van der Waals surface area contributed by atoms with E-state index in [1.54, 1.807) is 11.8 Å². The first-order valence-corrected chi connectivity index (χ1v) is 7.91. The summed E-state index contributed by atoms with van der Waals surface area (Å²) in [5.41, 5.74) is 3.45. The summed E-state index contributed by atoms with van der Waals surface area (Å²) < 4.78 is 0. The maximum absolute atomic E-state index is 4.02. The fourth-order valence-corrected chi connectivity index (χ4v) is 3.50. The lowest BCUT2D eigenvalue weighted by Crippen LogP contribution is -1.85. The number of H-pyrrole nitrogens is 2. The molecule has 108 valence electrons. The molecule has 0 unspecified atom stereocenters. The average Bonchev–Trinajstić information content (AvgIpc) is 3.21. The Balaban J connectivity index is 1.80. The minimum atomic E-state index is 0.679. The van der Waals surface area contributed by atoms with Gasteiger partial charge in [0.05, 0.1) is 11.4 Å². The molecule has 0 saturated carbocycles. The van der Waals surface area contributed by atoms with Crippen LogP contribution in [0.4, 0.5) is 0 Å². The molecule has 4 aromatic rings. The first-order valence-electron chi connectivity index (χ1n) is 6.93. The number of fused-ring (bicyclic) bond motifs is 1. The molecule has 2 aromatic heterocycles. The van der Waals surface area contributed by atoms with Crippen LogP contribution in [0.3, 0.4) is 0 Å². The van der Waals surface area contributed by atoms with E-state index in [0.717, 1.165) is 11.2 Å². The number of para-hydroxylation sites is 1. The summed E-state index contributed by atoms with van der Waals surface area (Å²) in [7, 11) is 0. The predicted octanol–water partition coefficient (Wildman–Crippen LogP) is 3.64. The van der Waals surface area contributed by atoms with Crippen molar-refractivity contribution in [2.75, 3.05) is 0 Å². The second-order valence-corrected chi connectivity index (χ2v) is 5.84. The van der Waals surface area contributed by atoms with Crippen LogP contribution in [0.25, 0.3) is 22.2 Å². The molecule has 0 radical (unpaired) electrons. The molecule has 0 spiro atoms. The van der Waals surface area contributed by atoms with E-state index in [9.17, 15) is 0 Å². The molecule has 0 amide bonds. The van der Waals surface area contributed by atoms with Gasteiger partial charge in [-0.1, -0.05) is 53.7 Å². The molecule has 2 heterocycles. The largest absolute Gasteiger partial charge is 0.354 e. The van der Waals surface area contributed by atoms with Crippen molar-refractivity contribution in [2.24, 2.45) is 0 Å². The molecular formula is C16H13N5S. The number of hydrogen-bond donors (Lipinski definition) is 2. The third kappa shape index (κ3) is 2.37. The van der Waals surface area contributed by atoms with Crippen molar-refractivity contribution in [1.29, 1.82) is 0 Å². The maximum atomic E-state index is 4.02. The van der Waals surface area contributed by atoms with E-state index in [1.807, 2.05) is 12.1 Å². The summed E-state index contributed by atoms with van der Waals surface area (Å²) in [6, 6.07) is 18.7. The van der Waals surface area contributed by atoms with E-state index >= 15 is 0 Å². The van der Waals surface area contributed by atoms with E-state index in [2.05, 4.69) is 68.1 Å². The number of thioether (sulfide) groups is 1. The summed E-state index contributed by atoms with van der Waals surface area (Å²) in [6.45, 7) is 0. The van der Waals surface area contributed by atoms with Gasteiger partial charge in [0.15, 0.2) is 5.82 Å². The van der Waals surface area contributed by atoms with Crippen molar-refractivity contribution >= 4 is 22.7 Å². The van der Waals surface area contributed by atoms with Gasteiger partial charge < -0.3 is 4.98 Å². The maximum Gasteiger partial charge on any atom is 0.184 e. The Morgan fingerprint density at radius 2 is 1.77 bits per heavy atom. The molecule has 0 aliphatic rings. The molecule has 2 aromatic carbocycles. The highest BCUT2D eigenvalue weighted by Crippen LogP contribution is 2.38. The first-order chi connectivity index (χ1) is 10.9. The number of aromatic amines is 2. The third-order valence-corrected chi connectivity index (χ3v) is 4.57. The van der Waals surface area contributed by atoms with Crippen molar-refractivity contribution in [2.45, 2.75) is 10.6 Å². The highest BCUT2D eigenvalue weighted by atomic mass is 32.2. The lowest BCUT2D eigenvalue weighted by atomic mass is 10.1. The van der Waals surface area contributed by atoms with Crippen molar-refractivity contribution in [3.05, 3.63) is 60.4 Å². The van der Waals surface area contributed by atoms with Crippen LogP contribution in [0.15, 0.2) is 59.5 Å². The fraction of sp³-hybridized carbons (Fsp3) is 0.0625. The number of hydrogen-bond acceptors (Lipinski definition) is 4. The zero-order valence-corrected chi connectivity index (χ0v) is 12.5. The van der Waals surface area contributed by atoms with Crippen LogP contribution in [-0.2, 0) is 5.75 Å². The summed E-state index contributed by atoms with van der Waals surface area (Å²) in [5.74, 6) is 1.38. The second-order valence-electron chi connectivity index (χ2n) is 4.86. The molecule has 0 aliphatic heterocycles. The summed E-state index contributed by atoms with van der Waals surface area (Å²) in [4.78, 5) is 4.74. The van der Waals surface area contributed by atoms with Crippen LogP contribution < -0.4 is 0 Å². The zero-order chi connectivity index (χ0) is 14.8. The van der Waals surface area contributed by atoms with Gasteiger partial charge in [0.1, 0.15) is 0 Å². The average molecular weight is 307 g/mol. The molecule has 5 nitrogen and oxygen atoms in total. The van der Waals surface area contributed by atoms with Crippen molar-refractivity contribution < 1.29 is 0 Å². The molecular weight excluding hydrogens is 294 g/mol. The Labute approximate surface area is 131 Å². The van der Waals surface area contributed by atoms with E-state index < -0.39 is 0 Å². The molecule has 22 heavy (non-hydrogen) atoms. The lowest BCUT2D eigenvalue weighted by Gasteiger charge is -2.03. The number of nitrogens with one attached hydrogen (secondary N) is 2. The molecule has 0 fully saturated rings. The Kier molecular flexibility index (Phi) is 3.36. The summed E-state index contributed by atoms with van der Waals surface area (Å²) >= 11 is 1.72. The minimum absolute atomic E-state index is 0.679. The van der Waals surface area contributed by atoms with Gasteiger partial charge in [0, 0.05) is 15.8 Å². The number of aromatic nitrogens is 5. The van der Waals surface area contributed by atoms with Crippen molar-refractivity contribution in [1.82, 2.24) is 25.6 Å². The minimum Gasteiger partial charge on any atom is -0.354 e. The first kappa shape index (κ1) is 13.1. The van der Waals surface area contributed by atoms with Gasteiger partial charge in [-0.3, -0.25) is 0 Å². The monoisotopic (exact) mass is 307 g/mol. The van der Waals surface area contributed by atoms with Gasteiger partial charge in [0.25, 0.3) is 0 Å². The van der Waals surface area contributed by atoms with E-state index in [1.165, 1.54) is 15.8 Å². The highest BCUT2D eigenvalue weighted by molar-refractivity contribution is 7.98. The molecule has 6 heteroatoms. The molecule has 0 atom stereocenters. The number of rotatable bonds is 4. The summed E-state index contributed by atoms with van der Waals surface area (Å²) in [6.07, 6.45) is 0. The predicted molar refractivity (Wildman–Crippen MR) is 87.5 cm³/mol. The second kappa shape index (κ2) is 5.65. The number of tetrazole rings is 1. The lowest BCUT2D eigenvalue weighted by molar-refractivity contribution is 0.881. The molecule has 0 saturated heterocycles. The summed E-state index contributed by atoms with van der Waals surface area (Å²) in [5, 5.41) is 15.4.